The van der Waals surface area contributed by atoms with Crippen LogP contribution in [0.4, 0.5) is 18.4 Å². The van der Waals surface area contributed by atoms with Crippen molar-refractivity contribution in [3.05, 3.63) is 35.9 Å². The van der Waals surface area contributed by atoms with Crippen LogP contribution in [-0.2, 0) is 11.3 Å². The van der Waals surface area contributed by atoms with Gasteiger partial charge in [0.1, 0.15) is 6.61 Å². The van der Waals surface area contributed by atoms with Gasteiger partial charge in [0.25, 0.3) is 5.92 Å². The molecule has 0 aromatic heterocycles. The maximum Gasteiger partial charge on any atom is 0.407 e. The van der Waals surface area contributed by atoms with Crippen LogP contribution >= 0.6 is 0 Å². The molecule has 8 heteroatoms. The Morgan fingerprint density at radius 2 is 2.00 bits per heavy atom. The molecular formula is C16H18F2N2O4. The van der Waals surface area contributed by atoms with Crippen molar-refractivity contribution < 1.29 is 28.2 Å². The quantitative estimate of drug-likeness (QED) is 0.887. The summed E-state index contributed by atoms with van der Waals surface area (Å²) in [5.41, 5.74) is -0.560. The summed E-state index contributed by atoms with van der Waals surface area (Å²) in [6.45, 7) is -0.163. The number of nitrogens with one attached hydrogen (secondary N) is 1. The van der Waals surface area contributed by atoms with Crippen LogP contribution in [0.5, 0.6) is 0 Å². The SMILES string of the molecule is O=C(NC1CN(C(=O)O)CC2(C1)CC2(F)F)OCc1ccccc1. The summed E-state index contributed by atoms with van der Waals surface area (Å²) in [7, 11) is 0. The smallest absolute Gasteiger partial charge is 0.407 e. The lowest BCUT2D eigenvalue weighted by Crippen LogP contribution is -2.54. The van der Waals surface area contributed by atoms with E-state index in [4.69, 9.17) is 9.84 Å². The van der Waals surface area contributed by atoms with E-state index in [0.717, 1.165) is 10.5 Å². The van der Waals surface area contributed by atoms with Gasteiger partial charge in [-0.05, 0) is 12.0 Å². The molecule has 2 N–H and O–H groups in total. The molecule has 6 nitrogen and oxygen atoms in total. The second-order valence-electron chi connectivity index (χ2n) is 6.43. The molecule has 1 aromatic rings. The number of benzene rings is 1. The van der Waals surface area contributed by atoms with Crippen LogP contribution in [0.3, 0.4) is 0 Å². The maximum atomic E-state index is 13.6. The molecule has 2 unspecified atom stereocenters. The van der Waals surface area contributed by atoms with Crippen molar-refractivity contribution in [2.24, 2.45) is 5.41 Å². The molecule has 0 bridgehead atoms. The highest BCUT2D eigenvalue weighted by atomic mass is 19.3. The van der Waals surface area contributed by atoms with Crippen molar-refractivity contribution >= 4 is 12.2 Å². The van der Waals surface area contributed by atoms with E-state index in [1.165, 1.54) is 0 Å². The lowest BCUT2D eigenvalue weighted by atomic mass is 9.91. The van der Waals surface area contributed by atoms with Gasteiger partial charge in [-0.1, -0.05) is 30.3 Å². The first-order valence-corrected chi connectivity index (χ1v) is 7.64. The van der Waals surface area contributed by atoms with Gasteiger partial charge >= 0.3 is 12.2 Å². The zero-order valence-corrected chi connectivity index (χ0v) is 12.9. The molecule has 2 aliphatic rings. The van der Waals surface area contributed by atoms with Crippen LogP contribution in [0.1, 0.15) is 18.4 Å². The van der Waals surface area contributed by atoms with Crippen molar-refractivity contribution in [2.45, 2.75) is 31.4 Å². The normalized spacial score (nSPS) is 27.6. The number of carbonyl (C=O) groups excluding carboxylic acids is 1. The number of halogens is 2. The average Bonchev–Trinajstić information content (AvgIpc) is 3.04. The number of hydrogen-bond acceptors (Lipinski definition) is 3. The number of alkyl halides is 2. The van der Waals surface area contributed by atoms with Crippen molar-refractivity contribution in [1.82, 2.24) is 10.2 Å². The third kappa shape index (κ3) is 3.27. The zero-order chi connectivity index (χ0) is 17.4. The summed E-state index contributed by atoms with van der Waals surface area (Å²) in [6, 6.07) is 8.34. The minimum Gasteiger partial charge on any atom is -0.465 e. The van der Waals surface area contributed by atoms with E-state index in [0.29, 0.717) is 0 Å². The molecule has 130 valence electrons. The average molecular weight is 340 g/mol. The molecule has 1 heterocycles. The van der Waals surface area contributed by atoms with Crippen LogP contribution in [0.25, 0.3) is 0 Å². The summed E-state index contributed by atoms with van der Waals surface area (Å²) >= 11 is 0. The molecule has 1 spiro atoms. The highest BCUT2D eigenvalue weighted by Gasteiger charge is 2.73. The highest BCUT2D eigenvalue weighted by molar-refractivity contribution is 5.69. The van der Waals surface area contributed by atoms with Gasteiger partial charge in [-0.3, -0.25) is 0 Å². The van der Waals surface area contributed by atoms with E-state index in [1.807, 2.05) is 6.07 Å². The van der Waals surface area contributed by atoms with Gasteiger partial charge in [0.2, 0.25) is 0 Å². The van der Waals surface area contributed by atoms with Gasteiger partial charge < -0.3 is 20.1 Å². The Morgan fingerprint density at radius 3 is 2.58 bits per heavy atom. The molecular weight excluding hydrogens is 322 g/mol. The Kier molecular flexibility index (Phi) is 4.06. The Hall–Kier alpha value is -2.38. The van der Waals surface area contributed by atoms with Crippen LogP contribution in [0.2, 0.25) is 0 Å². The predicted octanol–water partition coefficient (Wildman–Crippen LogP) is 2.69. The predicted molar refractivity (Wildman–Crippen MR) is 79.8 cm³/mol. The van der Waals surface area contributed by atoms with Crippen molar-refractivity contribution in [1.29, 1.82) is 0 Å². The lowest BCUT2D eigenvalue weighted by Gasteiger charge is -2.36. The molecule has 24 heavy (non-hydrogen) atoms. The van der Waals surface area contributed by atoms with Crippen LogP contribution in [-0.4, -0.2) is 47.2 Å². The molecule has 1 aliphatic carbocycles. The third-order valence-electron chi connectivity index (χ3n) is 4.59. The molecule has 1 saturated carbocycles. The van der Waals surface area contributed by atoms with Gasteiger partial charge in [0.15, 0.2) is 0 Å². The van der Waals surface area contributed by atoms with Crippen molar-refractivity contribution in [3.63, 3.8) is 0 Å². The number of rotatable bonds is 3. The first kappa shape index (κ1) is 16.5. The fourth-order valence-electron chi connectivity index (χ4n) is 3.24. The number of alkyl carbamates (subject to hydrolysis) is 1. The summed E-state index contributed by atoms with van der Waals surface area (Å²) in [5, 5.41) is 11.6. The second kappa shape index (κ2) is 5.92. The fourth-order valence-corrected chi connectivity index (χ4v) is 3.24. The molecule has 2 atom stereocenters. The van der Waals surface area contributed by atoms with E-state index in [2.05, 4.69) is 5.32 Å². The first-order chi connectivity index (χ1) is 11.3. The molecule has 1 saturated heterocycles. The maximum absolute atomic E-state index is 13.6. The molecule has 1 aliphatic heterocycles. The summed E-state index contributed by atoms with van der Waals surface area (Å²) in [4.78, 5) is 24.0. The van der Waals surface area contributed by atoms with Crippen molar-refractivity contribution in [3.8, 4) is 0 Å². The minimum absolute atomic E-state index is 0.0202. The number of likely N-dealkylation sites (tertiary alicyclic amines) is 1. The Labute approximate surface area is 137 Å². The van der Waals surface area contributed by atoms with Crippen LogP contribution < -0.4 is 5.32 Å². The zero-order valence-electron chi connectivity index (χ0n) is 12.9. The van der Waals surface area contributed by atoms with Crippen LogP contribution in [0.15, 0.2) is 30.3 Å². The number of piperidine rings is 1. The second-order valence-corrected chi connectivity index (χ2v) is 6.43. The Morgan fingerprint density at radius 1 is 1.33 bits per heavy atom. The molecule has 0 radical (unpaired) electrons. The molecule has 3 rings (SSSR count). The topological polar surface area (TPSA) is 78.9 Å². The van der Waals surface area contributed by atoms with Crippen LogP contribution in [0, 0.1) is 5.41 Å². The number of carboxylic acid groups (broad SMARTS) is 1. The Bertz CT molecular complexity index is 640. The minimum atomic E-state index is -2.88. The van der Waals surface area contributed by atoms with Gasteiger partial charge in [0.05, 0.1) is 11.5 Å². The van der Waals surface area contributed by atoms with Gasteiger partial charge in [-0.15, -0.1) is 0 Å². The number of nitrogens with zero attached hydrogens (tertiary/aromatic N) is 1. The van der Waals surface area contributed by atoms with E-state index in [1.54, 1.807) is 24.3 Å². The molecule has 2 amide bonds. The number of ether oxygens (including phenoxy) is 1. The van der Waals surface area contributed by atoms with E-state index >= 15 is 0 Å². The van der Waals surface area contributed by atoms with E-state index < -0.39 is 29.6 Å². The standard InChI is InChI=1S/C16H18F2N2O4/c17-16(18)9-15(16)6-12(7-20(10-15)14(22)23)19-13(21)24-8-11-4-2-1-3-5-11/h1-5,12H,6-10H2,(H,19,21)(H,22,23). The monoisotopic (exact) mass is 340 g/mol. The molecule has 1 aromatic carbocycles. The number of hydrogen-bond donors (Lipinski definition) is 2. The Balaban J connectivity index is 1.57. The first-order valence-electron chi connectivity index (χ1n) is 7.64. The summed E-state index contributed by atoms with van der Waals surface area (Å²) in [6.07, 6.45) is -2.30. The fraction of sp³-hybridized carbons (Fsp3) is 0.500. The van der Waals surface area contributed by atoms with Gasteiger partial charge in [-0.25, -0.2) is 18.4 Å². The van der Waals surface area contributed by atoms with Crippen molar-refractivity contribution in [2.75, 3.05) is 13.1 Å². The number of carbonyl (C=O) groups is 2. The number of amides is 2. The highest BCUT2D eigenvalue weighted by Crippen LogP contribution is 2.64. The summed E-state index contributed by atoms with van der Waals surface area (Å²) in [5.74, 6) is -2.88. The van der Waals surface area contributed by atoms with E-state index in [9.17, 15) is 18.4 Å². The summed E-state index contributed by atoms with van der Waals surface area (Å²) < 4.78 is 32.3. The van der Waals surface area contributed by atoms with Gasteiger partial charge in [-0.2, -0.15) is 0 Å². The van der Waals surface area contributed by atoms with E-state index in [-0.39, 0.29) is 32.5 Å². The third-order valence-corrected chi connectivity index (χ3v) is 4.59. The molecule has 2 fully saturated rings. The largest absolute Gasteiger partial charge is 0.465 e. The lowest BCUT2D eigenvalue weighted by molar-refractivity contribution is 0.0167. The van der Waals surface area contributed by atoms with Gasteiger partial charge in [0, 0.05) is 19.5 Å².